The van der Waals surface area contributed by atoms with Crippen molar-refractivity contribution < 1.29 is 13.6 Å². The molecule has 0 bridgehead atoms. The van der Waals surface area contributed by atoms with Gasteiger partial charge in [-0.25, -0.2) is 8.78 Å². The highest BCUT2D eigenvalue weighted by Crippen LogP contribution is 2.25. The number of rotatable bonds is 3. The topological polar surface area (TPSA) is 32.3 Å². The fourth-order valence-electron chi connectivity index (χ4n) is 2.95. The molecule has 3 nitrogen and oxygen atoms in total. The van der Waals surface area contributed by atoms with Gasteiger partial charge in [0.1, 0.15) is 17.2 Å². The summed E-state index contributed by atoms with van der Waals surface area (Å²) in [6.07, 6.45) is 3.64. The summed E-state index contributed by atoms with van der Waals surface area (Å²) in [4.78, 5) is 13.9. The highest BCUT2D eigenvalue weighted by atomic mass is 19.1. The molecule has 0 saturated heterocycles. The molecule has 0 unspecified atom stereocenters. The molecule has 1 N–H and O–H groups in total. The number of hydrogen-bond donors (Lipinski definition) is 1. The maximum absolute atomic E-state index is 14.1. The van der Waals surface area contributed by atoms with Crippen LogP contribution in [0.15, 0.2) is 12.1 Å². The van der Waals surface area contributed by atoms with Gasteiger partial charge in [0.25, 0.3) is 5.91 Å². The molecule has 1 aliphatic carbocycles. The molecule has 0 atom stereocenters. The molecule has 2 rings (SSSR count). The standard InChI is InChI=1S/C16H22F2N2O/c1-10-4-9-13(17)14(15(10)18)16(21)20(3)12-7-5-11(19-2)6-8-12/h4,9,11-12,19H,5-8H2,1-3H3. The minimum Gasteiger partial charge on any atom is -0.339 e. The molecule has 21 heavy (non-hydrogen) atoms. The first-order chi connectivity index (χ1) is 9.95. The summed E-state index contributed by atoms with van der Waals surface area (Å²) in [5.74, 6) is -2.11. The first kappa shape index (κ1) is 15.9. The van der Waals surface area contributed by atoms with Gasteiger partial charge in [0, 0.05) is 19.1 Å². The molecule has 1 aromatic rings. The van der Waals surface area contributed by atoms with Gasteiger partial charge < -0.3 is 10.2 Å². The molecule has 5 heteroatoms. The van der Waals surface area contributed by atoms with Gasteiger partial charge in [-0.05, 0) is 51.3 Å². The molecule has 0 aliphatic heterocycles. The SMILES string of the molecule is CNC1CCC(N(C)C(=O)c2c(F)ccc(C)c2F)CC1. The average molecular weight is 296 g/mol. The Kier molecular flexibility index (Phi) is 4.93. The van der Waals surface area contributed by atoms with Gasteiger partial charge in [-0.15, -0.1) is 0 Å². The normalized spacial score (nSPS) is 22.1. The molecular weight excluding hydrogens is 274 g/mol. The molecule has 1 fully saturated rings. The minimum absolute atomic E-state index is 0.0430. The van der Waals surface area contributed by atoms with E-state index in [0.717, 1.165) is 31.7 Å². The van der Waals surface area contributed by atoms with E-state index in [2.05, 4.69) is 5.32 Å². The third kappa shape index (κ3) is 3.23. The van der Waals surface area contributed by atoms with Crippen molar-refractivity contribution in [3.8, 4) is 0 Å². The second kappa shape index (κ2) is 6.52. The van der Waals surface area contributed by atoms with Crippen molar-refractivity contribution >= 4 is 5.91 Å². The molecule has 1 aliphatic rings. The molecule has 0 heterocycles. The molecule has 1 aromatic carbocycles. The van der Waals surface area contributed by atoms with Crippen LogP contribution in [-0.2, 0) is 0 Å². The molecule has 1 amide bonds. The van der Waals surface area contributed by atoms with Gasteiger partial charge in [-0.2, -0.15) is 0 Å². The van der Waals surface area contributed by atoms with Crippen LogP contribution in [0.2, 0.25) is 0 Å². The van der Waals surface area contributed by atoms with E-state index in [-0.39, 0.29) is 11.6 Å². The summed E-state index contributed by atoms with van der Waals surface area (Å²) in [6.45, 7) is 1.53. The minimum atomic E-state index is -0.793. The van der Waals surface area contributed by atoms with Crippen LogP contribution in [0.4, 0.5) is 8.78 Å². The number of halogens is 2. The van der Waals surface area contributed by atoms with Crippen LogP contribution >= 0.6 is 0 Å². The van der Waals surface area contributed by atoms with Crippen molar-refractivity contribution in [3.05, 3.63) is 34.9 Å². The zero-order chi connectivity index (χ0) is 15.6. The van der Waals surface area contributed by atoms with E-state index >= 15 is 0 Å². The Morgan fingerprint density at radius 1 is 1.24 bits per heavy atom. The van der Waals surface area contributed by atoms with Crippen LogP contribution in [0, 0.1) is 18.6 Å². The zero-order valence-electron chi connectivity index (χ0n) is 12.7. The molecular formula is C16H22F2N2O. The van der Waals surface area contributed by atoms with Gasteiger partial charge in [-0.1, -0.05) is 6.07 Å². The fraction of sp³-hybridized carbons (Fsp3) is 0.562. The van der Waals surface area contributed by atoms with Crippen LogP contribution in [0.5, 0.6) is 0 Å². The van der Waals surface area contributed by atoms with Crippen molar-refractivity contribution in [2.24, 2.45) is 0 Å². The van der Waals surface area contributed by atoms with E-state index in [1.54, 1.807) is 7.05 Å². The van der Waals surface area contributed by atoms with Gasteiger partial charge in [-0.3, -0.25) is 4.79 Å². The Morgan fingerprint density at radius 3 is 2.43 bits per heavy atom. The Bertz CT molecular complexity index is 525. The first-order valence-electron chi connectivity index (χ1n) is 7.34. The largest absolute Gasteiger partial charge is 0.339 e. The summed E-state index contributed by atoms with van der Waals surface area (Å²) in [5, 5.41) is 3.23. The predicted octanol–water partition coefficient (Wildman–Crippen LogP) is 2.88. The highest BCUT2D eigenvalue weighted by Gasteiger charge is 2.29. The second-order valence-corrected chi connectivity index (χ2v) is 5.76. The fourth-order valence-corrected chi connectivity index (χ4v) is 2.95. The molecule has 1 saturated carbocycles. The monoisotopic (exact) mass is 296 g/mol. The van der Waals surface area contributed by atoms with Crippen molar-refractivity contribution in [3.63, 3.8) is 0 Å². The van der Waals surface area contributed by atoms with E-state index in [0.29, 0.717) is 6.04 Å². The Morgan fingerprint density at radius 2 is 1.86 bits per heavy atom. The molecule has 0 radical (unpaired) electrons. The quantitative estimate of drug-likeness (QED) is 0.930. The number of benzene rings is 1. The highest BCUT2D eigenvalue weighted by molar-refractivity contribution is 5.95. The summed E-state index contributed by atoms with van der Waals surface area (Å²) < 4.78 is 27.9. The molecule has 0 aromatic heterocycles. The van der Waals surface area contributed by atoms with Crippen molar-refractivity contribution in [2.45, 2.75) is 44.7 Å². The smallest absolute Gasteiger partial charge is 0.259 e. The van der Waals surface area contributed by atoms with E-state index in [1.165, 1.54) is 17.9 Å². The number of nitrogens with zero attached hydrogens (tertiary/aromatic N) is 1. The second-order valence-electron chi connectivity index (χ2n) is 5.76. The van der Waals surface area contributed by atoms with E-state index in [4.69, 9.17) is 0 Å². The van der Waals surface area contributed by atoms with Crippen molar-refractivity contribution in [2.75, 3.05) is 14.1 Å². The van der Waals surface area contributed by atoms with Gasteiger partial charge in [0.2, 0.25) is 0 Å². The summed E-state index contributed by atoms with van der Waals surface area (Å²) >= 11 is 0. The number of nitrogens with one attached hydrogen (secondary N) is 1. The zero-order valence-corrected chi connectivity index (χ0v) is 12.7. The Hall–Kier alpha value is -1.49. The summed E-state index contributed by atoms with van der Waals surface area (Å²) in [7, 11) is 3.56. The molecule has 0 spiro atoms. The third-order valence-electron chi connectivity index (χ3n) is 4.47. The lowest BCUT2D eigenvalue weighted by Gasteiger charge is -2.34. The van der Waals surface area contributed by atoms with Gasteiger partial charge >= 0.3 is 0 Å². The number of carbonyl (C=O) groups excluding carboxylic acids is 1. The van der Waals surface area contributed by atoms with E-state index < -0.39 is 23.1 Å². The number of aryl methyl sites for hydroxylation is 1. The maximum Gasteiger partial charge on any atom is 0.259 e. The predicted molar refractivity (Wildman–Crippen MR) is 78.3 cm³/mol. The lowest BCUT2D eigenvalue weighted by atomic mass is 9.90. The Balaban J connectivity index is 2.15. The lowest BCUT2D eigenvalue weighted by Crippen LogP contribution is -2.43. The summed E-state index contributed by atoms with van der Waals surface area (Å²) in [5.41, 5.74) is -0.153. The van der Waals surface area contributed by atoms with Gasteiger partial charge in [0.15, 0.2) is 0 Å². The average Bonchev–Trinajstić information content (AvgIpc) is 2.50. The number of amides is 1. The number of hydrogen-bond acceptors (Lipinski definition) is 2. The maximum atomic E-state index is 14.1. The van der Waals surface area contributed by atoms with Crippen molar-refractivity contribution in [1.82, 2.24) is 10.2 Å². The Labute approximate surface area is 124 Å². The van der Waals surface area contributed by atoms with Crippen LogP contribution in [0.1, 0.15) is 41.6 Å². The van der Waals surface area contributed by atoms with Crippen LogP contribution in [-0.4, -0.2) is 37.0 Å². The molecule has 116 valence electrons. The van der Waals surface area contributed by atoms with Crippen LogP contribution in [0.3, 0.4) is 0 Å². The number of carbonyl (C=O) groups is 1. The van der Waals surface area contributed by atoms with Crippen LogP contribution in [0.25, 0.3) is 0 Å². The first-order valence-corrected chi connectivity index (χ1v) is 7.34. The van der Waals surface area contributed by atoms with Crippen molar-refractivity contribution in [1.29, 1.82) is 0 Å². The van der Waals surface area contributed by atoms with Crippen LogP contribution < -0.4 is 5.32 Å². The van der Waals surface area contributed by atoms with E-state index in [9.17, 15) is 13.6 Å². The summed E-state index contributed by atoms with van der Waals surface area (Å²) in [6, 6.07) is 3.01. The third-order valence-corrected chi connectivity index (χ3v) is 4.47. The lowest BCUT2D eigenvalue weighted by molar-refractivity contribution is 0.0675. The van der Waals surface area contributed by atoms with E-state index in [1.807, 2.05) is 7.05 Å². The van der Waals surface area contributed by atoms with Gasteiger partial charge in [0.05, 0.1) is 0 Å².